The Bertz CT molecular complexity index is 149. The topological polar surface area (TPSA) is 26.3 Å². The molecule has 0 aliphatic heterocycles. The maximum atomic E-state index is 11.0. The van der Waals surface area contributed by atoms with E-state index in [0.717, 1.165) is 18.6 Å². The standard InChI is InChI=1S/C10H20O2S/c1-5-8-13-9(11)12-7-6-10(2,3)4/h5-8H2,1-4H3. The van der Waals surface area contributed by atoms with Crippen LogP contribution >= 0.6 is 11.8 Å². The van der Waals surface area contributed by atoms with E-state index in [-0.39, 0.29) is 10.7 Å². The van der Waals surface area contributed by atoms with Crippen molar-refractivity contribution in [1.82, 2.24) is 0 Å². The SMILES string of the molecule is CCCSC(=O)OCCC(C)(C)C. The fourth-order valence-electron chi connectivity index (χ4n) is 0.668. The van der Waals surface area contributed by atoms with E-state index in [1.165, 1.54) is 11.8 Å². The highest BCUT2D eigenvalue weighted by atomic mass is 32.2. The summed E-state index contributed by atoms with van der Waals surface area (Å²) in [5.41, 5.74) is 0.246. The summed E-state index contributed by atoms with van der Waals surface area (Å²) < 4.78 is 5.04. The maximum Gasteiger partial charge on any atom is 0.367 e. The molecule has 0 saturated heterocycles. The average Bonchev–Trinajstić information content (AvgIpc) is 1.98. The van der Waals surface area contributed by atoms with E-state index in [4.69, 9.17) is 4.74 Å². The zero-order valence-electron chi connectivity index (χ0n) is 9.05. The molecule has 3 heteroatoms. The molecule has 0 amide bonds. The van der Waals surface area contributed by atoms with Crippen molar-refractivity contribution in [1.29, 1.82) is 0 Å². The molecule has 0 radical (unpaired) electrons. The lowest BCUT2D eigenvalue weighted by Gasteiger charge is -2.17. The van der Waals surface area contributed by atoms with Crippen LogP contribution in [0.4, 0.5) is 4.79 Å². The lowest BCUT2D eigenvalue weighted by Crippen LogP contribution is -2.11. The van der Waals surface area contributed by atoms with E-state index >= 15 is 0 Å². The maximum absolute atomic E-state index is 11.0. The van der Waals surface area contributed by atoms with Gasteiger partial charge in [-0.1, -0.05) is 27.7 Å². The Labute approximate surface area is 85.4 Å². The van der Waals surface area contributed by atoms with Crippen LogP contribution in [0, 0.1) is 5.41 Å². The number of hydrogen-bond donors (Lipinski definition) is 0. The first-order chi connectivity index (χ1) is 5.95. The lowest BCUT2D eigenvalue weighted by molar-refractivity contribution is 0.157. The first-order valence-electron chi connectivity index (χ1n) is 4.75. The normalized spacial score (nSPS) is 11.4. The van der Waals surface area contributed by atoms with Crippen molar-refractivity contribution >= 4 is 17.1 Å². The Hall–Kier alpha value is -0.180. The molecule has 0 aromatic heterocycles. The summed E-state index contributed by atoms with van der Waals surface area (Å²) in [6.07, 6.45) is 1.93. The quantitative estimate of drug-likeness (QED) is 0.653. The van der Waals surface area contributed by atoms with E-state index in [1.54, 1.807) is 0 Å². The molecule has 0 aliphatic carbocycles. The van der Waals surface area contributed by atoms with Gasteiger partial charge >= 0.3 is 5.30 Å². The predicted molar refractivity (Wildman–Crippen MR) is 58.2 cm³/mol. The van der Waals surface area contributed by atoms with Gasteiger partial charge in [0.15, 0.2) is 0 Å². The molecule has 0 atom stereocenters. The molecule has 0 aliphatic rings. The van der Waals surface area contributed by atoms with Gasteiger partial charge in [-0.15, -0.1) is 0 Å². The molecule has 0 rings (SSSR count). The Kier molecular flexibility index (Phi) is 6.21. The van der Waals surface area contributed by atoms with Crippen molar-refractivity contribution in [2.24, 2.45) is 5.41 Å². The first-order valence-corrected chi connectivity index (χ1v) is 5.74. The number of rotatable bonds is 4. The van der Waals surface area contributed by atoms with Gasteiger partial charge in [-0.3, -0.25) is 0 Å². The van der Waals surface area contributed by atoms with Crippen molar-refractivity contribution in [2.45, 2.75) is 40.5 Å². The minimum Gasteiger partial charge on any atom is -0.458 e. The first kappa shape index (κ1) is 12.8. The molecular formula is C10H20O2S. The monoisotopic (exact) mass is 204 g/mol. The van der Waals surface area contributed by atoms with Crippen LogP contribution in [-0.2, 0) is 4.74 Å². The van der Waals surface area contributed by atoms with Gasteiger partial charge in [0.1, 0.15) is 0 Å². The predicted octanol–water partition coefficient (Wildman–Crippen LogP) is 3.70. The molecule has 0 N–H and O–H groups in total. The van der Waals surface area contributed by atoms with E-state index in [1.807, 2.05) is 0 Å². The largest absolute Gasteiger partial charge is 0.458 e. The summed E-state index contributed by atoms with van der Waals surface area (Å²) in [4.78, 5) is 11.0. The molecule has 0 spiro atoms. The molecule has 0 bridgehead atoms. The van der Waals surface area contributed by atoms with Crippen molar-refractivity contribution in [2.75, 3.05) is 12.4 Å². The van der Waals surface area contributed by atoms with Crippen LogP contribution in [0.1, 0.15) is 40.5 Å². The summed E-state index contributed by atoms with van der Waals surface area (Å²) in [5.74, 6) is 0.856. The van der Waals surface area contributed by atoms with Crippen molar-refractivity contribution in [3.8, 4) is 0 Å². The van der Waals surface area contributed by atoms with Gasteiger partial charge in [0.25, 0.3) is 0 Å². The van der Waals surface area contributed by atoms with E-state index in [0.29, 0.717) is 6.61 Å². The summed E-state index contributed by atoms with van der Waals surface area (Å²) in [6.45, 7) is 9.01. The van der Waals surface area contributed by atoms with Gasteiger partial charge in [-0.2, -0.15) is 0 Å². The smallest absolute Gasteiger partial charge is 0.367 e. The Morgan fingerprint density at radius 3 is 2.46 bits per heavy atom. The zero-order valence-corrected chi connectivity index (χ0v) is 9.87. The summed E-state index contributed by atoms with van der Waals surface area (Å²) in [5, 5.41) is -0.133. The third kappa shape index (κ3) is 9.74. The van der Waals surface area contributed by atoms with Gasteiger partial charge in [-0.25, -0.2) is 4.79 Å². The van der Waals surface area contributed by atoms with Crippen molar-refractivity contribution in [3.63, 3.8) is 0 Å². The highest BCUT2D eigenvalue weighted by molar-refractivity contribution is 8.13. The Balaban J connectivity index is 3.37. The fraction of sp³-hybridized carbons (Fsp3) is 0.900. The second kappa shape index (κ2) is 6.30. The lowest BCUT2D eigenvalue weighted by atomic mass is 9.93. The fourth-order valence-corrected chi connectivity index (χ4v) is 1.21. The number of thioether (sulfide) groups is 1. The number of hydrogen-bond acceptors (Lipinski definition) is 3. The van der Waals surface area contributed by atoms with E-state index in [2.05, 4.69) is 27.7 Å². The molecule has 0 unspecified atom stereocenters. The minimum absolute atomic E-state index is 0.133. The van der Waals surface area contributed by atoms with Crippen LogP contribution in [-0.4, -0.2) is 17.7 Å². The molecule has 0 aromatic carbocycles. The van der Waals surface area contributed by atoms with Crippen molar-refractivity contribution < 1.29 is 9.53 Å². The zero-order chi connectivity index (χ0) is 10.3. The second-order valence-corrected chi connectivity index (χ2v) is 5.29. The number of carbonyl (C=O) groups excluding carboxylic acids is 1. The van der Waals surface area contributed by atoms with Crippen LogP contribution in [0.3, 0.4) is 0 Å². The second-order valence-electron chi connectivity index (χ2n) is 4.26. The third-order valence-electron chi connectivity index (χ3n) is 1.50. The number of ether oxygens (including phenoxy) is 1. The Morgan fingerprint density at radius 1 is 1.38 bits per heavy atom. The average molecular weight is 204 g/mol. The summed E-state index contributed by atoms with van der Waals surface area (Å²) in [6, 6.07) is 0. The molecule has 78 valence electrons. The van der Waals surface area contributed by atoms with Crippen LogP contribution in [0.25, 0.3) is 0 Å². The van der Waals surface area contributed by atoms with Crippen LogP contribution < -0.4 is 0 Å². The molecule has 2 nitrogen and oxygen atoms in total. The van der Waals surface area contributed by atoms with E-state index < -0.39 is 0 Å². The molecule has 0 heterocycles. The third-order valence-corrected chi connectivity index (χ3v) is 2.46. The van der Waals surface area contributed by atoms with Crippen molar-refractivity contribution in [3.05, 3.63) is 0 Å². The number of carbonyl (C=O) groups is 1. The minimum atomic E-state index is -0.133. The summed E-state index contributed by atoms with van der Waals surface area (Å²) in [7, 11) is 0. The molecular weight excluding hydrogens is 184 g/mol. The van der Waals surface area contributed by atoms with E-state index in [9.17, 15) is 4.79 Å². The van der Waals surface area contributed by atoms with Gasteiger partial charge in [0.05, 0.1) is 6.61 Å². The molecule has 0 saturated carbocycles. The summed E-state index contributed by atoms with van der Waals surface area (Å²) >= 11 is 1.27. The van der Waals surface area contributed by atoms with Crippen LogP contribution in [0.2, 0.25) is 0 Å². The Morgan fingerprint density at radius 2 is 2.00 bits per heavy atom. The van der Waals surface area contributed by atoms with Gasteiger partial charge in [-0.05, 0) is 30.0 Å². The highest BCUT2D eigenvalue weighted by Crippen LogP contribution is 2.18. The van der Waals surface area contributed by atoms with Crippen LogP contribution in [0.15, 0.2) is 0 Å². The molecule has 0 aromatic rings. The molecule has 13 heavy (non-hydrogen) atoms. The van der Waals surface area contributed by atoms with Crippen LogP contribution in [0.5, 0.6) is 0 Å². The van der Waals surface area contributed by atoms with Gasteiger partial charge in [0.2, 0.25) is 0 Å². The van der Waals surface area contributed by atoms with Gasteiger partial charge < -0.3 is 4.74 Å². The highest BCUT2D eigenvalue weighted by Gasteiger charge is 2.11. The van der Waals surface area contributed by atoms with Gasteiger partial charge in [0, 0.05) is 5.75 Å². The molecule has 0 fully saturated rings.